The normalized spacial score (nSPS) is 12.5. The highest BCUT2D eigenvalue weighted by atomic mass is 16.5. The Morgan fingerprint density at radius 1 is 0.355 bits per heavy atom. The minimum atomic E-state index is 0.535. The summed E-state index contributed by atoms with van der Waals surface area (Å²) in [5.41, 5.74) is 0. The average molecular weight is 439 g/mol. The second kappa shape index (κ2) is 28.0. The van der Waals surface area contributed by atoms with Gasteiger partial charge in [0.05, 0.1) is 6.10 Å². The molecule has 31 heavy (non-hydrogen) atoms. The van der Waals surface area contributed by atoms with Crippen LogP contribution in [0, 0.1) is 0 Å². The zero-order valence-corrected chi connectivity index (χ0v) is 22.4. The van der Waals surface area contributed by atoms with Gasteiger partial charge in [0.2, 0.25) is 0 Å². The molecule has 0 aromatic rings. The number of hydrogen-bond acceptors (Lipinski definition) is 1. The highest BCUT2D eigenvalue weighted by Crippen LogP contribution is 2.18. The van der Waals surface area contributed by atoms with Gasteiger partial charge in [-0.15, -0.1) is 0 Å². The SMILES string of the molecule is CCCCCCCCCCCCCCCCCCC(CCCCCCCCC)OCC. The Hall–Kier alpha value is -0.0400. The number of hydrogen-bond donors (Lipinski definition) is 0. The molecule has 0 aliphatic rings. The predicted molar refractivity (Wildman–Crippen MR) is 142 cm³/mol. The Bertz CT molecular complexity index is 301. The molecule has 0 aromatic carbocycles. The summed E-state index contributed by atoms with van der Waals surface area (Å²) in [6, 6.07) is 0. The van der Waals surface area contributed by atoms with Gasteiger partial charge < -0.3 is 4.74 Å². The molecule has 0 saturated carbocycles. The summed E-state index contributed by atoms with van der Waals surface area (Å²) < 4.78 is 6.01. The van der Waals surface area contributed by atoms with Crippen molar-refractivity contribution >= 4 is 0 Å². The smallest absolute Gasteiger partial charge is 0.0575 e. The molecule has 0 N–H and O–H groups in total. The molecular weight excluding hydrogens is 376 g/mol. The first-order valence-electron chi connectivity index (χ1n) is 15.0. The van der Waals surface area contributed by atoms with Gasteiger partial charge in [0.1, 0.15) is 0 Å². The Morgan fingerprint density at radius 2 is 0.613 bits per heavy atom. The van der Waals surface area contributed by atoms with Crippen LogP contribution >= 0.6 is 0 Å². The van der Waals surface area contributed by atoms with Gasteiger partial charge in [0, 0.05) is 6.61 Å². The predicted octanol–water partition coefficient (Wildman–Crippen LogP) is 11.2. The molecule has 0 amide bonds. The maximum absolute atomic E-state index is 6.01. The van der Waals surface area contributed by atoms with Gasteiger partial charge >= 0.3 is 0 Å². The van der Waals surface area contributed by atoms with E-state index in [1.54, 1.807) is 0 Å². The summed E-state index contributed by atoms with van der Waals surface area (Å²) in [6.45, 7) is 7.65. The van der Waals surface area contributed by atoms with Crippen molar-refractivity contribution in [3.8, 4) is 0 Å². The van der Waals surface area contributed by atoms with Crippen LogP contribution in [0.1, 0.15) is 181 Å². The molecular formula is C30H62O. The molecule has 0 aliphatic carbocycles. The van der Waals surface area contributed by atoms with Crippen molar-refractivity contribution < 1.29 is 4.74 Å². The fraction of sp³-hybridized carbons (Fsp3) is 1.00. The fourth-order valence-corrected chi connectivity index (χ4v) is 4.80. The molecule has 1 nitrogen and oxygen atoms in total. The number of ether oxygens (including phenoxy) is 1. The highest BCUT2D eigenvalue weighted by molar-refractivity contribution is 4.60. The van der Waals surface area contributed by atoms with E-state index in [2.05, 4.69) is 20.8 Å². The minimum Gasteiger partial charge on any atom is -0.379 e. The summed E-state index contributed by atoms with van der Waals surface area (Å²) in [7, 11) is 0. The van der Waals surface area contributed by atoms with Crippen LogP contribution in [0.3, 0.4) is 0 Å². The average Bonchev–Trinajstić information content (AvgIpc) is 2.78. The van der Waals surface area contributed by atoms with E-state index in [-0.39, 0.29) is 0 Å². The first kappa shape index (κ1) is 31.0. The summed E-state index contributed by atoms with van der Waals surface area (Å²) >= 11 is 0. The van der Waals surface area contributed by atoms with Crippen molar-refractivity contribution in [1.82, 2.24) is 0 Å². The van der Waals surface area contributed by atoms with Crippen LogP contribution in [0.15, 0.2) is 0 Å². The van der Waals surface area contributed by atoms with Gasteiger partial charge in [-0.25, -0.2) is 0 Å². The third-order valence-electron chi connectivity index (χ3n) is 6.91. The standard InChI is InChI=1S/C30H62O/c1-4-7-9-11-13-14-15-16-17-18-19-20-21-23-25-27-29-30(31-6-3)28-26-24-22-12-10-8-5-2/h30H,4-29H2,1-3H3. The lowest BCUT2D eigenvalue weighted by atomic mass is 10.0. The molecule has 1 heteroatoms. The molecule has 0 spiro atoms. The lowest BCUT2D eigenvalue weighted by molar-refractivity contribution is 0.0470. The Kier molecular flexibility index (Phi) is 28.0. The first-order chi connectivity index (χ1) is 15.3. The second-order valence-electron chi connectivity index (χ2n) is 10.1. The van der Waals surface area contributed by atoms with Crippen LogP contribution in [0.2, 0.25) is 0 Å². The van der Waals surface area contributed by atoms with Crippen LogP contribution in [-0.4, -0.2) is 12.7 Å². The van der Waals surface area contributed by atoms with E-state index in [0.717, 1.165) is 6.61 Å². The first-order valence-corrected chi connectivity index (χ1v) is 15.0. The second-order valence-corrected chi connectivity index (χ2v) is 10.1. The van der Waals surface area contributed by atoms with E-state index in [1.807, 2.05) is 0 Å². The van der Waals surface area contributed by atoms with Crippen LogP contribution in [0.4, 0.5) is 0 Å². The lowest BCUT2D eigenvalue weighted by Gasteiger charge is -2.17. The Morgan fingerprint density at radius 3 is 0.871 bits per heavy atom. The Balaban J connectivity index is 3.33. The minimum absolute atomic E-state index is 0.535. The van der Waals surface area contributed by atoms with Crippen molar-refractivity contribution in [3.63, 3.8) is 0 Å². The summed E-state index contributed by atoms with van der Waals surface area (Å²) in [4.78, 5) is 0. The molecule has 1 atom stereocenters. The summed E-state index contributed by atoms with van der Waals surface area (Å²) in [6.07, 6.45) is 36.2. The van der Waals surface area contributed by atoms with Crippen molar-refractivity contribution in [3.05, 3.63) is 0 Å². The molecule has 0 aliphatic heterocycles. The zero-order valence-electron chi connectivity index (χ0n) is 22.4. The molecule has 0 aromatic heterocycles. The third-order valence-corrected chi connectivity index (χ3v) is 6.91. The molecule has 0 heterocycles. The quantitative estimate of drug-likeness (QED) is 0.116. The van der Waals surface area contributed by atoms with Gasteiger partial charge in [0.15, 0.2) is 0 Å². The van der Waals surface area contributed by atoms with E-state index in [9.17, 15) is 0 Å². The maximum Gasteiger partial charge on any atom is 0.0575 e. The van der Waals surface area contributed by atoms with Gasteiger partial charge in [-0.2, -0.15) is 0 Å². The van der Waals surface area contributed by atoms with Crippen molar-refractivity contribution in [2.75, 3.05) is 6.61 Å². The maximum atomic E-state index is 6.01. The van der Waals surface area contributed by atoms with Gasteiger partial charge in [-0.3, -0.25) is 0 Å². The molecule has 0 bridgehead atoms. The van der Waals surface area contributed by atoms with E-state index in [0.29, 0.717) is 6.10 Å². The van der Waals surface area contributed by atoms with Gasteiger partial charge in [0.25, 0.3) is 0 Å². The molecule has 1 unspecified atom stereocenters. The van der Waals surface area contributed by atoms with Crippen molar-refractivity contribution in [1.29, 1.82) is 0 Å². The fourth-order valence-electron chi connectivity index (χ4n) is 4.80. The third kappa shape index (κ3) is 26.1. The molecule has 188 valence electrons. The highest BCUT2D eigenvalue weighted by Gasteiger charge is 2.08. The largest absolute Gasteiger partial charge is 0.379 e. The van der Waals surface area contributed by atoms with Crippen LogP contribution < -0.4 is 0 Å². The monoisotopic (exact) mass is 438 g/mol. The van der Waals surface area contributed by atoms with Gasteiger partial charge in [-0.05, 0) is 19.8 Å². The molecule has 0 rings (SSSR count). The van der Waals surface area contributed by atoms with Gasteiger partial charge in [-0.1, -0.05) is 162 Å². The van der Waals surface area contributed by atoms with E-state index in [1.165, 1.54) is 161 Å². The van der Waals surface area contributed by atoms with E-state index >= 15 is 0 Å². The van der Waals surface area contributed by atoms with E-state index in [4.69, 9.17) is 4.74 Å². The van der Waals surface area contributed by atoms with Crippen LogP contribution in [0.5, 0.6) is 0 Å². The zero-order chi connectivity index (χ0) is 22.7. The molecule has 0 fully saturated rings. The summed E-state index contributed by atoms with van der Waals surface area (Å²) in [5.74, 6) is 0. The van der Waals surface area contributed by atoms with Crippen LogP contribution in [-0.2, 0) is 4.74 Å². The number of rotatable bonds is 27. The topological polar surface area (TPSA) is 9.23 Å². The summed E-state index contributed by atoms with van der Waals surface area (Å²) in [5, 5.41) is 0. The van der Waals surface area contributed by atoms with Crippen molar-refractivity contribution in [2.24, 2.45) is 0 Å². The lowest BCUT2D eigenvalue weighted by Crippen LogP contribution is -2.12. The van der Waals surface area contributed by atoms with E-state index < -0.39 is 0 Å². The number of unbranched alkanes of at least 4 members (excludes halogenated alkanes) is 21. The molecule has 0 radical (unpaired) electrons. The Labute approximate surface area is 198 Å². The molecule has 0 saturated heterocycles. The van der Waals surface area contributed by atoms with Crippen LogP contribution in [0.25, 0.3) is 0 Å². The van der Waals surface area contributed by atoms with Crippen molar-refractivity contribution in [2.45, 2.75) is 187 Å².